The molecule has 1 atom stereocenters. The van der Waals surface area contributed by atoms with Gasteiger partial charge >= 0.3 is 5.97 Å². The first-order valence-corrected chi connectivity index (χ1v) is 8.35. The smallest absolute Gasteiger partial charge is 0.336 e. The Morgan fingerprint density at radius 1 is 1.39 bits per heavy atom. The fourth-order valence-electron chi connectivity index (χ4n) is 3.28. The van der Waals surface area contributed by atoms with Crippen LogP contribution in [-0.4, -0.2) is 35.0 Å². The number of fused-ring (bicyclic) bond motifs is 2. The molecule has 2 aliphatic rings. The van der Waals surface area contributed by atoms with Gasteiger partial charge in [-0.2, -0.15) is 0 Å². The van der Waals surface area contributed by atoms with Crippen LogP contribution in [0, 0.1) is 0 Å². The standard InChI is InChI=1S/C17H15NO4S/c19-16-11-4-2-1-3-10(11)7-18(16)8-14-15-12(5-6-22-14)13(9-23-15)17(20)21/h1-4,9,14H,5-8H2,(H,20,21). The van der Waals surface area contributed by atoms with Crippen molar-refractivity contribution in [3.8, 4) is 0 Å². The van der Waals surface area contributed by atoms with Crippen LogP contribution in [0.2, 0.25) is 0 Å². The van der Waals surface area contributed by atoms with Gasteiger partial charge in [-0.3, -0.25) is 4.79 Å². The van der Waals surface area contributed by atoms with E-state index in [9.17, 15) is 14.7 Å². The van der Waals surface area contributed by atoms with E-state index in [0.717, 1.165) is 21.6 Å². The number of carboxylic acids is 1. The van der Waals surface area contributed by atoms with Crippen LogP contribution >= 0.6 is 11.3 Å². The predicted molar refractivity (Wildman–Crippen MR) is 84.9 cm³/mol. The highest BCUT2D eigenvalue weighted by molar-refractivity contribution is 7.10. The second-order valence-electron chi connectivity index (χ2n) is 5.75. The van der Waals surface area contributed by atoms with Crippen molar-refractivity contribution >= 4 is 23.2 Å². The molecule has 23 heavy (non-hydrogen) atoms. The van der Waals surface area contributed by atoms with E-state index in [0.29, 0.717) is 31.7 Å². The van der Waals surface area contributed by atoms with Gasteiger partial charge in [-0.1, -0.05) is 18.2 Å². The lowest BCUT2D eigenvalue weighted by atomic mass is 10.0. The van der Waals surface area contributed by atoms with Crippen LogP contribution in [0.3, 0.4) is 0 Å². The molecule has 0 fully saturated rings. The van der Waals surface area contributed by atoms with Crippen molar-refractivity contribution in [2.45, 2.75) is 19.1 Å². The number of nitrogens with zero attached hydrogens (tertiary/aromatic N) is 1. The molecule has 118 valence electrons. The summed E-state index contributed by atoms with van der Waals surface area (Å²) in [5.74, 6) is -0.876. The molecule has 2 aliphatic heterocycles. The number of carbonyl (C=O) groups is 2. The quantitative estimate of drug-likeness (QED) is 0.940. The van der Waals surface area contributed by atoms with Gasteiger partial charge in [0.2, 0.25) is 0 Å². The molecule has 0 aliphatic carbocycles. The molecule has 0 saturated heterocycles. The first-order chi connectivity index (χ1) is 11.1. The number of hydrogen-bond acceptors (Lipinski definition) is 4. The van der Waals surface area contributed by atoms with Crippen molar-refractivity contribution in [3.63, 3.8) is 0 Å². The van der Waals surface area contributed by atoms with E-state index in [1.165, 1.54) is 11.3 Å². The fraction of sp³-hybridized carbons (Fsp3) is 0.294. The minimum atomic E-state index is -0.896. The Morgan fingerprint density at radius 2 is 2.22 bits per heavy atom. The minimum Gasteiger partial charge on any atom is -0.478 e. The van der Waals surface area contributed by atoms with Crippen molar-refractivity contribution in [3.05, 3.63) is 56.8 Å². The van der Waals surface area contributed by atoms with Crippen molar-refractivity contribution in [2.24, 2.45) is 0 Å². The summed E-state index contributed by atoms with van der Waals surface area (Å²) in [6, 6.07) is 7.61. The summed E-state index contributed by atoms with van der Waals surface area (Å²) < 4.78 is 5.83. The van der Waals surface area contributed by atoms with Gasteiger partial charge in [0.1, 0.15) is 6.10 Å². The number of hydrogen-bond donors (Lipinski definition) is 1. The molecule has 1 N–H and O–H groups in total. The average Bonchev–Trinajstić information content (AvgIpc) is 3.11. The Bertz CT molecular complexity index is 798. The molecule has 0 bridgehead atoms. The molecule has 0 saturated carbocycles. The highest BCUT2D eigenvalue weighted by atomic mass is 32.1. The molecule has 3 heterocycles. The zero-order valence-corrected chi connectivity index (χ0v) is 13.1. The number of carbonyl (C=O) groups excluding carboxylic acids is 1. The summed E-state index contributed by atoms with van der Waals surface area (Å²) in [6.07, 6.45) is 0.376. The van der Waals surface area contributed by atoms with Gasteiger partial charge in [0, 0.05) is 22.4 Å². The zero-order valence-electron chi connectivity index (χ0n) is 12.3. The molecule has 5 nitrogen and oxygen atoms in total. The number of amides is 1. The molecule has 1 aromatic heterocycles. The lowest BCUT2D eigenvalue weighted by Crippen LogP contribution is -2.32. The molecule has 1 amide bonds. The van der Waals surface area contributed by atoms with Crippen LogP contribution in [-0.2, 0) is 17.7 Å². The lowest BCUT2D eigenvalue weighted by Gasteiger charge is -2.27. The summed E-state index contributed by atoms with van der Waals surface area (Å²) >= 11 is 1.41. The monoisotopic (exact) mass is 329 g/mol. The Morgan fingerprint density at radius 3 is 3.00 bits per heavy atom. The number of rotatable bonds is 3. The molecular weight excluding hydrogens is 314 g/mol. The Hall–Kier alpha value is -2.18. The Balaban J connectivity index is 1.58. The normalized spacial score (nSPS) is 19.6. The van der Waals surface area contributed by atoms with Crippen molar-refractivity contribution < 1.29 is 19.4 Å². The largest absolute Gasteiger partial charge is 0.478 e. The van der Waals surface area contributed by atoms with Gasteiger partial charge < -0.3 is 14.7 Å². The highest BCUT2D eigenvalue weighted by Gasteiger charge is 2.33. The van der Waals surface area contributed by atoms with Gasteiger partial charge in [-0.15, -0.1) is 11.3 Å². The number of benzene rings is 1. The van der Waals surface area contributed by atoms with Crippen molar-refractivity contribution in [1.29, 1.82) is 0 Å². The third-order valence-corrected chi connectivity index (χ3v) is 5.52. The molecule has 1 aromatic carbocycles. The molecule has 4 rings (SSSR count). The SMILES string of the molecule is O=C(O)c1csc2c1CCOC2CN1Cc2ccccc2C1=O. The third-order valence-electron chi connectivity index (χ3n) is 4.40. The van der Waals surface area contributed by atoms with E-state index in [2.05, 4.69) is 0 Å². The van der Waals surface area contributed by atoms with E-state index in [1.807, 2.05) is 24.3 Å². The minimum absolute atomic E-state index is 0.0198. The second kappa shape index (κ2) is 5.47. The van der Waals surface area contributed by atoms with E-state index in [-0.39, 0.29) is 12.0 Å². The summed E-state index contributed by atoms with van der Waals surface area (Å²) in [6.45, 7) is 1.53. The van der Waals surface area contributed by atoms with Crippen LogP contribution in [0.25, 0.3) is 0 Å². The zero-order chi connectivity index (χ0) is 16.0. The van der Waals surface area contributed by atoms with Crippen LogP contribution in [0.4, 0.5) is 0 Å². The van der Waals surface area contributed by atoms with Crippen LogP contribution in [0.15, 0.2) is 29.6 Å². The number of ether oxygens (including phenoxy) is 1. The van der Waals surface area contributed by atoms with E-state index in [1.54, 1.807) is 10.3 Å². The van der Waals surface area contributed by atoms with Crippen LogP contribution < -0.4 is 0 Å². The average molecular weight is 329 g/mol. The summed E-state index contributed by atoms with van der Waals surface area (Å²) in [5, 5.41) is 10.9. The van der Waals surface area contributed by atoms with Gasteiger partial charge in [-0.05, 0) is 23.6 Å². The van der Waals surface area contributed by atoms with Crippen LogP contribution in [0.5, 0.6) is 0 Å². The summed E-state index contributed by atoms with van der Waals surface area (Å²) in [4.78, 5) is 26.5. The molecule has 0 radical (unpaired) electrons. The maximum Gasteiger partial charge on any atom is 0.336 e. The summed E-state index contributed by atoms with van der Waals surface area (Å²) in [7, 11) is 0. The van der Waals surface area contributed by atoms with E-state index >= 15 is 0 Å². The number of carboxylic acid groups (broad SMARTS) is 1. The third kappa shape index (κ3) is 2.34. The highest BCUT2D eigenvalue weighted by Crippen LogP contribution is 2.36. The van der Waals surface area contributed by atoms with Gasteiger partial charge in [0.15, 0.2) is 0 Å². The maximum atomic E-state index is 12.5. The van der Waals surface area contributed by atoms with E-state index < -0.39 is 5.97 Å². The second-order valence-corrected chi connectivity index (χ2v) is 6.66. The van der Waals surface area contributed by atoms with Gasteiger partial charge in [0.05, 0.1) is 18.7 Å². The molecule has 0 spiro atoms. The Labute approximate surface area is 137 Å². The van der Waals surface area contributed by atoms with Crippen molar-refractivity contribution in [1.82, 2.24) is 4.90 Å². The fourth-order valence-corrected chi connectivity index (χ4v) is 4.42. The molecule has 1 unspecified atom stereocenters. The number of aromatic carboxylic acids is 1. The lowest BCUT2D eigenvalue weighted by molar-refractivity contribution is 0.0181. The van der Waals surface area contributed by atoms with Crippen LogP contribution in [0.1, 0.15) is 42.8 Å². The molecule has 6 heteroatoms. The first kappa shape index (κ1) is 14.4. The van der Waals surface area contributed by atoms with E-state index in [4.69, 9.17) is 4.74 Å². The maximum absolute atomic E-state index is 12.5. The first-order valence-electron chi connectivity index (χ1n) is 7.47. The summed E-state index contributed by atoms with van der Waals surface area (Å²) in [5.41, 5.74) is 3.02. The Kier molecular flexibility index (Phi) is 3.43. The molecule has 2 aromatic rings. The molecular formula is C17H15NO4S. The number of thiophene rings is 1. The van der Waals surface area contributed by atoms with Gasteiger partial charge in [-0.25, -0.2) is 4.79 Å². The topological polar surface area (TPSA) is 66.8 Å². The van der Waals surface area contributed by atoms with Crippen molar-refractivity contribution in [2.75, 3.05) is 13.2 Å². The van der Waals surface area contributed by atoms with Gasteiger partial charge in [0.25, 0.3) is 5.91 Å². The predicted octanol–water partition coefficient (Wildman–Crippen LogP) is 2.72.